The predicted molar refractivity (Wildman–Crippen MR) is 70.8 cm³/mol. The average molecular weight is 238 g/mol. The van der Waals surface area contributed by atoms with Gasteiger partial charge in [-0.3, -0.25) is 9.97 Å². The van der Waals surface area contributed by atoms with Crippen LogP contribution < -0.4 is 0 Å². The Kier molecular flexibility index (Phi) is 2.68. The molecule has 82 valence electrons. The molecular formula is C14H10N2S. The molecule has 3 heterocycles. The van der Waals surface area contributed by atoms with Gasteiger partial charge in [-0.25, -0.2) is 0 Å². The Morgan fingerprint density at radius 3 is 1.71 bits per heavy atom. The van der Waals surface area contributed by atoms with Gasteiger partial charge in [-0.15, -0.1) is 0 Å². The quantitative estimate of drug-likeness (QED) is 0.677. The fraction of sp³-hybridized carbons (Fsp3) is 0. The van der Waals surface area contributed by atoms with E-state index in [2.05, 4.69) is 32.9 Å². The van der Waals surface area contributed by atoms with Gasteiger partial charge in [-0.05, 0) is 22.9 Å². The summed E-state index contributed by atoms with van der Waals surface area (Å²) in [5.41, 5.74) is 4.73. The van der Waals surface area contributed by atoms with E-state index >= 15 is 0 Å². The van der Waals surface area contributed by atoms with Crippen LogP contribution in [0.2, 0.25) is 0 Å². The Morgan fingerprint density at radius 1 is 0.765 bits per heavy atom. The maximum Gasteiger partial charge on any atom is 0.0346 e. The van der Waals surface area contributed by atoms with Crippen molar-refractivity contribution < 1.29 is 0 Å². The zero-order chi connectivity index (χ0) is 11.5. The second-order valence-corrected chi connectivity index (χ2v) is 4.43. The smallest absolute Gasteiger partial charge is 0.0346 e. The van der Waals surface area contributed by atoms with Crippen LogP contribution in [0.1, 0.15) is 0 Å². The van der Waals surface area contributed by atoms with Crippen molar-refractivity contribution in [3.63, 3.8) is 0 Å². The number of hydrogen-bond acceptors (Lipinski definition) is 3. The van der Waals surface area contributed by atoms with Crippen LogP contribution in [0.3, 0.4) is 0 Å². The molecule has 0 radical (unpaired) electrons. The fourth-order valence-electron chi connectivity index (χ4n) is 1.79. The van der Waals surface area contributed by atoms with E-state index in [1.807, 2.05) is 24.5 Å². The minimum absolute atomic E-state index is 1.15. The molecule has 0 fully saturated rings. The number of nitrogens with zero attached hydrogens (tertiary/aromatic N) is 2. The lowest BCUT2D eigenvalue weighted by atomic mass is 10.0. The lowest BCUT2D eigenvalue weighted by molar-refractivity contribution is 1.32. The van der Waals surface area contributed by atoms with Gasteiger partial charge in [-0.1, -0.05) is 12.1 Å². The Hall–Kier alpha value is -2.00. The lowest BCUT2D eigenvalue weighted by Gasteiger charge is -2.03. The molecule has 0 atom stereocenters. The van der Waals surface area contributed by atoms with Crippen molar-refractivity contribution in [2.24, 2.45) is 0 Å². The normalized spacial score (nSPS) is 10.4. The van der Waals surface area contributed by atoms with Crippen molar-refractivity contribution in [1.29, 1.82) is 0 Å². The molecule has 3 heteroatoms. The molecule has 3 aromatic rings. The van der Waals surface area contributed by atoms with E-state index in [0.29, 0.717) is 0 Å². The predicted octanol–water partition coefficient (Wildman–Crippen LogP) is 3.87. The van der Waals surface area contributed by atoms with Crippen LogP contribution in [-0.4, -0.2) is 9.97 Å². The van der Waals surface area contributed by atoms with Gasteiger partial charge in [0.25, 0.3) is 0 Å². The first-order valence-electron chi connectivity index (χ1n) is 5.32. The molecule has 2 nitrogen and oxygen atoms in total. The van der Waals surface area contributed by atoms with Gasteiger partial charge in [0.15, 0.2) is 0 Å². The number of aromatic nitrogens is 2. The van der Waals surface area contributed by atoms with Crippen LogP contribution in [0.25, 0.3) is 22.3 Å². The maximum atomic E-state index is 4.16. The molecule has 0 aliphatic carbocycles. The van der Waals surface area contributed by atoms with Crippen molar-refractivity contribution in [2.75, 3.05) is 0 Å². The molecule has 0 amide bonds. The third kappa shape index (κ3) is 1.97. The van der Waals surface area contributed by atoms with Crippen LogP contribution in [0.5, 0.6) is 0 Å². The third-order valence-electron chi connectivity index (χ3n) is 2.61. The lowest BCUT2D eigenvalue weighted by Crippen LogP contribution is -1.81. The summed E-state index contributed by atoms with van der Waals surface area (Å²) in [5, 5.41) is 4.30. The van der Waals surface area contributed by atoms with E-state index in [4.69, 9.17) is 0 Å². The molecule has 0 aromatic carbocycles. The zero-order valence-corrected chi connectivity index (χ0v) is 9.89. The van der Waals surface area contributed by atoms with Crippen molar-refractivity contribution in [2.45, 2.75) is 0 Å². The third-order valence-corrected chi connectivity index (χ3v) is 3.35. The number of thiophene rings is 1. The zero-order valence-electron chi connectivity index (χ0n) is 9.08. The second kappa shape index (κ2) is 4.47. The van der Waals surface area contributed by atoms with Crippen molar-refractivity contribution in [1.82, 2.24) is 9.97 Å². The SMILES string of the molecule is c1cncc(-c2cscc2-c2cccnc2)c1. The van der Waals surface area contributed by atoms with Crippen molar-refractivity contribution >= 4 is 11.3 Å². The van der Waals surface area contributed by atoms with E-state index in [0.717, 1.165) is 11.1 Å². The highest BCUT2D eigenvalue weighted by molar-refractivity contribution is 7.08. The molecule has 0 saturated carbocycles. The minimum Gasteiger partial charge on any atom is -0.264 e. The maximum absolute atomic E-state index is 4.16. The van der Waals surface area contributed by atoms with Crippen LogP contribution in [0.15, 0.2) is 59.8 Å². The summed E-state index contributed by atoms with van der Waals surface area (Å²) in [6.07, 6.45) is 7.36. The Balaban J connectivity index is 2.13. The van der Waals surface area contributed by atoms with Gasteiger partial charge < -0.3 is 0 Å². The number of hydrogen-bond donors (Lipinski definition) is 0. The van der Waals surface area contributed by atoms with Gasteiger partial charge >= 0.3 is 0 Å². The molecule has 17 heavy (non-hydrogen) atoms. The van der Waals surface area contributed by atoms with Crippen LogP contribution >= 0.6 is 11.3 Å². The first kappa shape index (κ1) is 10.2. The molecule has 3 aromatic heterocycles. The first-order chi connectivity index (χ1) is 8.45. The van der Waals surface area contributed by atoms with Crippen LogP contribution in [0.4, 0.5) is 0 Å². The highest BCUT2D eigenvalue weighted by Gasteiger charge is 2.08. The van der Waals surface area contributed by atoms with Gasteiger partial charge in [0.1, 0.15) is 0 Å². The summed E-state index contributed by atoms with van der Waals surface area (Å²) < 4.78 is 0. The molecule has 0 unspecified atom stereocenters. The fourth-order valence-corrected chi connectivity index (χ4v) is 2.65. The van der Waals surface area contributed by atoms with E-state index < -0.39 is 0 Å². The average Bonchev–Trinajstić information content (AvgIpc) is 2.90. The largest absolute Gasteiger partial charge is 0.264 e. The van der Waals surface area contributed by atoms with Crippen LogP contribution in [0, 0.1) is 0 Å². The first-order valence-corrected chi connectivity index (χ1v) is 6.26. The van der Waals surface area contributed by atoms with Crippen molar-refractivity contribution in [3.05, 3.63) is 59.8 Å². The summed E-state index contributed by atoms with van der Waals surface area (Å²) in [7, 11) is 0. The van der Waals surface area contributed by atoms with Gasteiger partial charge in [-0.2, -0.15) is 11.3 Å². The molecule has 3 rings (SSSR count). The Labute approximate surface area is 104 Å². The second-order valence-electron chi connectivity index (χ2n) is 3.68. The van der Waals surface area contributed by atoms with Gasteiger partial charge in [0.2, 0.25) is 0 Å². The summed E-state index contributed by atoms with van der Waals surface area (Å²) >= 11 is 1.70. The summed E-state index contributed by atoms with van der Waals surface area (Å²) in [4.78, 5) is 8.33. The van der Waals surface area contributed by atoms with E-state index in [-0.39, 0.29) is 0 Å². The van der Waals surface area contributed by atoms with Gasteiger partial charge in [0.05, 0.1) is 0 Å². The molecule has 0 bridgehead atoms. The Bertz CT molecular complexity index is 548. The number of pyridine rings is 2. The summed E-state index contributed by atoms with van der Waals surface area (Å²) in [6.45, 7) is 0. The molecule has 0 aliphatic rings. The standard InChI is InChI=1S/C14H10N2S/c1-3-11(7-15-5-1)13-9-17-10-14(13)12-4-2-6-16-8-12/h1-10H. The van der Waals surface area contributed by atoms with E-state index in [9.17, 15) is 0 Å². The molecule has 0 aliphatic heterocycles. The van der Waals surface area contributed by atoms with Gasteiger partial charge in [0, 0.05) is 47.0 Å². The molecule has 0 N–H and O–H groups in total. The Morgan fingerprint density at radius 2 is 1.29 bits per heavy atom. The summed E-state index contributed by atoms with van der Waals surface area (Å²) in [5.74, 6) is 0. The summed E-state index contributed by atoms with van der Waals surface area (Å²) in [6, 6.07) is 8.07. The topological polar surface area (TPSA) is 25.8 Å². The number of rotatable bonds is 2. The molecular weight excluding hydrogens is 228 g/mol. The molecule has 0 saturated heterocycles. The van der Waals surface area contributed by atoms with E-state index in [1.54, 1.807) is 23.7 Å². The highest BCUT2D eigenvalue weighted by Crippen LogP contribution is 2.34. The minimum atomic E-state index is 1.15. The highest BCUT2D eigenvalue weighted by atomic mass is 32.1. The van der Waals surface area contributed by atoms with E-state index in [1.165, 1.54) is 11.1 Å². The molecule has 0 spiro atoms. The monoisotopic (exact) mass is 238 g/mol. The van der Waals surface area contributed by atoms with Crippen molar-refractivity contribution in [3.8, 4) is 22.3 Å². The van der Waals surface area contributed by atoms with Crippen LogP contribution in [-0.2, 0) is 0 Å².